The first-order valence-electron chi connectivity index (χ1n) is 5.94. The molecule has 0 unspecified atom stereocenters. The number of esters is 1. The topological polar surface area (TPSA) is 78.6 Å². The molecule has 0 aliphatic heterocycles. The lowest BCUT2D eigenvalue weighted by Crippen LogP contribution is -2.20. The van der Waals surface area contributed by atoms with Crippen LogP contribution in [0, 0.1) is 0 Å². The van der Waals surface area contributed by atoms with E-state index in [9.17, 15) is 22.8 Å². The Labute approximate surface area is 118 Å². The molecule has 0 heterocycles. The van der Waals surface area contributed by atoms with E-state index in [1.165, 1.54) is 0 Å². The van der Waals surface area contributed by atoms with Gasteiger partial charge in [-0.15, -0.1) is 0 Å². The Morgan fingerprint density at radius 3 is 2.38 bits per heavy atom. The number of hydrogen-bond donors (Lipinski definition) is 1. The maximum Gasteiger partial charge on any atom is 0.419 e. The molecule has 0 saturated heterocycles. The SMILES string of the molecule is CC(C)OC(=O)COc1ccc(C(N)=O)cc1C(F)(F)F. The van der Waals surface area contributed by atoms with Gasteiger partial charge in [0.2, 0.25) is 5.91 Å². The molecule has 0 bridgehead atoms. The van der Waals surface area contributed by atoms with Crippen LogP contribution in [0.5, 0.6) is 5.75 Å². The van der Waals surface area contributed by atoms with Crippen molar-refractivity contribution in [2.24, 2.45) is 5.73 Å². The molecular formula is C13H14F3NO4. The van der Waals surface area contributed by atoms with Crippen LogP contribution in [0.1, 0.15) is 29.8 Å². The minimum absolute atomic E-state index is 0.306. The number of nitrogens with two attached hydrogens (primary N) is 1. The van der Waals surface area contributed by atoms with Gasteiger partial charge in [0.15, 0.2) is 6.61 Å². The lowest BCUT2D eigenvalue weighted by atomic mass is 10.1. The molecule has 5 nitrogen and oxygen atoms in total. The fourth-order valence-corrected chi connectivity index (χ4v) is 1.46. The van der Waals surface area contributed by atoms with Crippen LogP contribution in [0.25, 0.3) is 0 Å². The third-order valence-corrected chi connectivity index (χ3v) is 2.28. The molecule has 1 aromatic carbocycles. The highest BCUT2D eigenvalue weighted by Gasteiger charge is 2.35. The van der Waals surface area contributed by atoms with E-state index in [-0.39, 0.29) is 5.56 Å². The summed E-state index contributed by atoms with van der Waals surface area (Å²) in [7, 11) is 0. The highest BCUT2D eigenvalue weighted by Crippen LogP contribution is 2.36. The number of amides is 1. The number of carbonyl (C=O) groups is 2. The molecule has 0 fully saturated rings. The first kappa shape index (κ1) is 16.8. The molecule has 0 atom stereocenters. The van der Waals surface area contributed by atoms with Crippen LogP contribution in [0.3, 0.4) is 0 Å². The highest BCUT2D eigenvalue weighted by molar-refractivity contribution is 5.93. The van der Waals surface area contributed by atoms with Crippen LogP contribution in [0.2, 0.25) is 0 Å². The van der Waals surface area contributed by atoms with E-state index in [2.05, 4.69) is 0 Å². The van der Waals surface area contributed by atoms with E-state index in [0.29, 0.717) is 6.07 Å². The van der Waals surface area contributed by atoms with Crippen LogP contribution in [0.4, 0.5) is 13.2 Å². The standard InChI is InChI=1S/C13H14F3NO4/c1-7(2)21-11(18)6-20-10-4-3-8(12(17)19)5-9(10)13(14,15)16/h3-5,7H,6H2,1-2H3,(H2,17,19). The smallest absolute Gasteiger partial charge is 0.419 e. The first-order valence-corrected chi connectivity index (χ1v) is 5.94. The van der Waals surface area contributed by atoms with Crippen LogP contribution in [-0.4, -0.2) is 24.6 Å². The molecule has 0 spiro atoms. The predicted molar refractivity (Wildman–Crippen MR) is 66.7 cm³/mol. The summed E-state index contributed by atoms with van der Waals surface area (Å²) in [6.45, 7) is 2.53. The number of halogens is 3. The van der Waals surface area contributed by atoms with Gasteiger partial charge in [-0.3, -0.25) is 4.79 Å². The third kappa shape index (κ3) is 4.97. The first-order chi connectivity index (χ1) is 9.61. The second-order valence-corrected chi connectivity index (χ2v) is 4.40. The van der Waals surface area contributed by atoms with Crippen molar-refractivity contribution in [2.45, 2.75) is 26.1 Å². The van der Waals surface area contributed by atoms with Gasteiger partial charge in [0.05, 0.1) is 11.7 Å². The van der Waals surface area contributed by atoms with Crippen LogP contribution >= 0.6 is 0 Å². The van der Waals surface area contributed by atoms with Gasteiger partial charge in [0.1, 0.15) is 5.75 Å². The number of benzene rings is 1. The number of hydrogen-bond acceptors (Lipinski definition) is 4. The number of rotatable bonds is 5. The van der Waals surface area contributed by atoms with Crippen molar-refractivity contribution in [1.29, 1.82) is 0 Å². The van der Waals surface area contributed by atoms with Crippen molar-refractivity contribution < 1.29 is 32.2 Å². The van der Waals surface area contributed by atoms with E-state index in [1.54, 1.807) is 13.8 Å². The fraction of sp³-hybridized carbons (Fsp3) is 0.385. The molecule has 0 aliphatic carbocycles. The Hall–Kier alpha value is -2.25. The summed E-state index contributed by atoms with van der Waals surface area (Å²) in [5.41, 5.74) is 3.44. The highest BCUT2D eigenvalue weighted by atomic mass is 19.4. The Kier molecular flexibility index (Phi) is 5.17. The molecule has 1 amide bonds. The van der Waals surface area contributed by atoms with Crippen molar-refractivity contribution in [3.05, 3.63) is 29.3 Å². The Bertz CT molecular complexity index is 541. The van der Waals surface area contributed by atoms with Gasteiger partial charge in [-0.2, -0.15) is 13.2 Å². The summed E-state index contributed by atoms with van der Waals surface area (Å²) in [6.07, 6.45) is -5.15. The van der Waals surface area contributed by atoms with Crippen molar-refractivity contribution in [3.8, 4) is 5.75 Å². The minimum Gasteiger partial charge on any atom is -0.481 e. The van der Waals surface area contributed by atoms with Crippen molar-refractivity contribution >= 4 is 11.9 Å². The molecule has 0 saturated carbocycles. The van der Waals surface area contributed by atoms with Crippen LogP contribution < -0.4 is 10.5 Å². The van der Waals surface area contributed by atoms with Gasteiger partial charge in [-0.25, -0.2) is 4.79 Å². The zero-order valence-electron chi connectivity index (χ0n) is 11.4. The minimum atomic E-state index is -4.75. The molecule has 0 radical (unpaired) electrons. The number of ether oxygens (including phenoxy) is 2. The van der Waals surface area contributed by atoms with Gasteiger partial charge in [-0.1, -0.05) is 0 Å². The van der Waals surface area contributed by atoms with Crippen molar-refractivity contribution in [2.75, 3.05) is 6.61 Å². The van der Waals surface area contributed by atoms with Gasteiger partial charge in [-0.05, 0) is 32.0 Å². The maximum atomic E-state index is 12.9. The van der Waals surface area contributed by atoms with Crippen LogP contribution in [-0.2, 0) is 15.7 Å². The maximum absolute atomic E-state index is 12.9. The van der Waals surface area contributed by atoms with Crippen molar-refractivity contribution in [1.82, 2.24) is 0 Å². The second kappa shape index (κ2) is 6.47. The Balaban J connectivity index is 2.96. The summed E-state index contributed by atoms with van der Waals surface area (Å²) >= 11 is 0. The van der Waals surface area contributed by atoms with E-state index in [0.717, 1.165) is 12.1 Å². The lowest BCUT2D eigenvalue weighted by molar-refractivity contribution is -0.151. The zero-order chi connectivity index (χ0) is 16.2. The summed E-state index contributed by atoms with van der Waals surface area (Å²) in [5.74, 6) is -2.36. The number of primary amides is 1. The summed E-state index contributed by atoms with van der Waals surface area (Å²) in [4.78, 5) is 22.2. The fourth-order valence-electron chi connectivity index (χ4n) is 1.46. The largest absolute Gasteiger partial charge is 0.481 e. The number of alkyl halides is 3. The molecule has 0 aromatic heterocycles. The second-order valence-electron chi connectivity index (χ2n) is 4.40. The quantitative estimate of drug-likeness (QED) is 0.845. The van der Waals surface area contributed by atoms with E-state index in [4.69, 9.17) is 15.2 Å². The van der Waals surface area contributed by atoms with E-state index in [1.807, 2.05) is 0 Å². The van der Waals surface area contributed by atoms with Gasteiger partial charge in [0.25, 0.3) is 0 Å². The Morgan fingerprint density at radius 2 is 1.90 bits per heavy atom. The molecule has 2 N–H and O–H groups in total. The molecule has 116 valence electrons. The zero-order valence-corrected chi connectivity index (χ0v) is 11.4. The van der Waals surface area contributed by atoms with Crippen LogP contribution in [0.15, 0.2) is 18.2 Å². The molecule has 0 aliphatic rings. The third-order valence-electron chi connectivity index (χ3n) is 2.28. The van der Waals surface area contributed by atoms with Gasteiger partial charge >= 0.3 is 12.1 Å². The van der Waals surface area contributed by atoms with Gasteiger partial charge < -0.3 is 15.2 Å². The molecular weight excluding hydrogens is 291 g/mol. The number of carbonyl (C=O) groups excluding carboxylic acids is 2. The molecule has 1 rings (SSSR count). The lowest BCUT2D eigenvalue weighted by Gasteiger charge is -2.15. The predicted octanol–water partition coefficient (Wildman–Crippen LogP) is 2.13. The van der Waals surface area contributed by atoms with E-state index < -0.39 is 42.1 Å². The summed E-state index contributed by atoms with van der Waals surface area (Å²) < 4.78 is 48.2. The normalized spacial score (nSPS) is 11.3. The monoisotopic (exact) mass is 305 g/mol. The Morgan fingerprint density at radius 1 is 1.29 bits per heavy atom. The van der Waals surface area contributed by atoms with Crippen molar-refractivity contribution in [3.63, 3.8) is 0 Å². The van der Waals surface area contributed by atoms with Gasteiger partial charge in [0, 0.05) is 5.56 Å². The molecule has 1 aromatic rings. The molecule has 8 heteroatoms. The molecule has 21 heavy (non-hydrogen) atoms. The average molecular weight is 305 g/mol. The summed E-state index contributed by atoms with van der Waals surface area (Å²) in [5, 5.41) is 0. The average Bonchev–Trinajstić information content (AvgIpc) is 2.34. The van der Waals surface area contributed by atoms with E-state index >= 15 is 0 Å². The summed E-state index contributed by atoms with van der Waals surface area (Å²) in [6, 6.07) is 2.59.